The van der Waals surface area contributed by atoms with Crippen LogP contribution in [-0.2, 0) is 9.59 Å². The summed E-state index contributed by atoms with van der Waals surface area (Å²) in [4.78, 5) is 25.2. The first-order valence-corrected chi connectivity index (χ1v) is 7.66. The normalized spacial score (nSPS) is 22.3. The van der Waals surface area contributed by atoms with Gasteiger partial charge in [-0.2, -0.15) is 0 Å². The summed E-state index contributed by atoms with van der Waals surface area (Å²) in [6, 6.07) is -0.465. The van der Waals surface area contributed by atoms with E-state index in [-0.39, 0.29) is 11.8 Å². The molecule has 0 aromatic heterocycles. The molecular weight excluding hydrogens is 364 g/mol. The summed E-state index contributed by atoms with van der Waals surface area (Å²) in [5.41, 5.74) is 5.35. The van der Waals surface area contributed by atoms with E-state index < -0.39 is 11.9 Å². The highest BCUT2D eigenvalue weighted by Gasteiger charge is 2.29. The fraction of sp³-hybridized carbons (Fsp3) is 0.667. The lowest BCUT2D eigenvalue weighted by molar-refractivity contribution is -0.139. The van der Waals surface area contributed by atoms with E-state index >= 15 is 0 Å². The summed E-state index contributed by atoms with van der Waals surface area (Å²) in [7, 11) is 0. The number of halogens is 2. The minimum Gasteiger partial charge on any atom is -0.368 e. The van der Waals surface area contributed by atoms with Crippen molar-refractivity contribution in [2.45, 2.75) is 38.6 Å². The van der Waals surface area contributed by atoms with Crippen molar-refractivity contribution >= 4 is 43.7 Å². The van der Waals surface area contributed by atoms with Gasteiger partial charge in [0.1, 0.15) is 6.04 Å². The van der Waals surface area contributed by atoms with Crippen molar-refractivity contribution < 1.29 is 9.59 Å². The molecule has 1 saturated heterocycles. The van der Waals surface area contributed by atoms with Crippen LogP contribution in [-0.4, -0.2) is 29.3 Å². The Bertz CT molecular complexity index is 354. The molecule has 0 aromatic rings. The van der Waals surface area contributed by atoms with Crippen molar-refractivity contribution in [1.82, 2.24) is 4.90 Å². The van der Waals surface area contributed by atoms with E-state index in [4.69, 9.17) is 5.73 Å². The van der Waals surface area contributed by atoms with Crippen LogP contribution >= 0.6 is 31.9 Å². The Morgan fingerprint density at radius 1 is 1.61 bits per heavy atom. The molecule has 1 aliphatic rings. The second-order valence-corrected chi connectivity index (χ2v) is 7.25. The molecule has 1 rings (SSSR count). The molecule has 0 radical (unpaired) electrons. The maximum Gasteiger partial charge on any atom is 0.240 e. The molecule has 1 heterocycles. The molecule has 0 aliphatic carbocycles. The maximum atomic E-state index is 12.2. The van der Waals surface area contributed by atoms with Crippen LogP contribution in [0.3, 0.4) is 0 Å². The molecule has 0 bridgehead atoms. The summed E-state index contributed by atoms with van der Waals surface area (Å²) in [5.74, 6) is -0.191. The van der Waals surface area contributed by atoms with Gasteiger partial charge >= 0.3 is 0 Å². The summed E-state index contributed by atoms with van der Waals surface area (Å²) in [6.07, 6.45) is 4.84. The number of hydrogen-bond acceptors (Lipinski definition) is 2. The van der Waals surface area contributed by atoms with Gasteiger partial charge in [0.25, 0.3) is 0 Å². The van der Waals surface area contributed by atoms with Crippen molar-refractivity contribution in [3.8, 4) is 0 Å². The number of likely N-dealkylation sites (tertiary alicyclic amines) is 1. The number of rotatable bonds is 4. The zero-order valence-corrected chi connectivity index (χ0v) is 13.5. The number of carbonyl (C=O) groups is 2. The van der Waals surface area contributed by atoms with Gasteiger partial charge in [0, 0.05) is 13.0 Å². The van der Waals surface area contributed by atoms with E-state index in [0.717, 1.165) is 16.2 Å². The molecule has 2 unspecified atom stereocenters. The first-order chi connectivity index (χ1) is 8.45. The van der Waals surface area contributed by atoms with Crippen molar-refractivity contribution in [2.24, 2.45) is 11.7 Å². The summed E-state index contributed by atoms with van der Waals surface area (Å²) >= 11 is 6.63. The lowest BCUT2D eigenvalue weighted by Crippen LogP contribution is -2.47. The van der Waals surface area contributed by atoms with Gasteiger partial charge in [-0.25, -0.2) is 0 Å². The van der Waals surface area contributed by atoms with Crippen molar-refractivity contribution in [3.63, 3.8) is 0 Å². The standard InChI is InChI=1S/C12H18Br2N2O2/c1-2-9(12(15)18)16-5-3-4-8(6-10(13)14)7-11(16)17/h6,8-9H,2-5,7H2,1H3,(H2,15,18). The van der Waals surface area contributed by atoms with E-state index in [2.05, 4.69) is 31.9 Å². The largest absolute Gasteiger partial charge is 0.368 e. The number of nitrogens with zero attached hydrogens (tertiary/aromatic N) is 1. The first kappa shape index (κ1) is 15.7. The minimum atomic E-state index is -0.465. The number of allylic oxidation sites excluding steroid dienone is 1. The van der Waals surface area contributed by atoms with Gasteiger partial charge in [0.15, 0.2) is 0 Å². The summed E-state index contributed by atoms with van der Waals surface area (Å²) < 4.78 is 0.864. The van der Waals surface area contributed by atoms with E-state index in [9.17, 15) is 9.59 Å². The van der Waals surface area contributed by atoms with Crippen molar-refractivity contribution in [2.75, 3.05) is 6.54 Å². The Morgan fingerprint density at radius 2 is 2.28 bits per heavy atom. The molecule has 6 heteroatoms. The van der Waals surface area contributed by atoms with Gasteiger partial charge < -0.3 is 10.6 Å². The van der Waals surface area contributed by atoms with Gasteiger partial charge in [-0.05, 0) is 57.0 Å². The lowest BCUT2D eigenvalue weighted by atomic mass is 10.0. The van der Waals surface area contributed by atoms with Crippen molar-refractivity contribution in [3.05, 3.63) is 9.47 Å². The van der Waals surface area contributed by atoms with Crippen molar-refractivity contribution in [1.29, 1.82) is 0 Å². The van der Waals surface area contributed by atoms with E-state index in [1.807, 2.05) is 13.0 Å². The third kappa shape index (κ3) is 4.39. The van der Waals surface area contributed by atoms with Crippen LogP contribution in [0, 0.1) is 5.92 Å². The molecular formula is C12H18Br2N2O2. The minimum absolute atomic E-state index is 0.0145. The molecule has 0 spiro atoms. The average molecular weight is 382 g/mol. The molecule has 2 atom stereocenters. The predicted octanol–water partition coefficient (Wildman–Crippen LogP) is 2.51. The van der Waals surface area contributed by atoms with Crippen LogP contribution in [0.15, 0.2) is 9.47 Å². The lowest BCUT2D eigenvalue weighted by Gasteiger charge is -2.27. The van der Waals surface area contributed by atoms with Crippen LogP contribution in [0.2, 0.25) is 0 Å². The summed E-state index contributed by atoms with van der Waals surface area (Å²) in [5, 5.41) is 0. The van der Waals surface area contributed by atoms with Gasteiger partial charge in [0.2, 0.25) is 11.8 Å². The zero-order chi connectivity index (χ0) is 13.7. The van der Waals surface area contributed by atoms with E-state index in [1.54, 1.807) is 4.90 Å². The fourth-order valence-electron chi connectivity index (χ4n) is 2.32. The zero-order valence-electron chi connectivity index (χ0n) is 10.4. The van der Waals surface area contributed by atoms with E-state index in [0.29, 0.717) is 19.4 Å². The van der Waals surface area contributed by atoms with Crippen LogP contribution in [0.4, 0.5) is 0 Å². The molecule has 4 nitrogen and oxygen atoms in total. The molecule has 1 fully saturated rings. The van der Waals surface area contributed by atoms with Gasteiger partial charge in [0.05, 0.1) is 3.39 Å². The number of hydrogen-bond donors (Lipinski definition) is 1. The number of carbonyl (C=O) groups excluding carboxylic acids is 2. The SMILES string of the molecule is CCC(C(N)=O)N1CCCC(C=C(Br)Br)CC1=O. The van der Waals surface area contributed by atoms with Crippen LogP contribution in [0.1, 0.15) is 32.6 Å². The predicted molar refractivity (Wildman–Crippen MR) is 78.3 cm³/mol. The fourth-order valence-corrected chi connectivity index (χ4v) is 3.07. The highest BCUT2D eigenvalue weighted by molar-refractivity contribution is 9.28. The molecule has 2 amide bonds. The second-order valence-electron chi connectivity index (χ2n) is 4.48. The molecule has 0 aromatic carbocycles. The first-order valence-electron chi connectivity index (χ1n) is 6.07. The Balaban J connectivity index is 2.78. The van der Waals surface area contributed by atoms with Gasteiger partial charge in [-0.15, -0.1) is 0 Å². The highest BCUT2D eigenvalue weighted by atomic mass is 79.9. The molecule has 2 N–H and O–H groups in total. The third-order valence-corrected chi connectivity index (χ3v) is 3.71. The van der Waals surface area contributed by atoms with Gasteiger partial charge in [-0.1, -0.05) is 13.0 Å². The molecule has 1 aliphatic heterocycles. The second kappa shape index (κ2) is 7.28. The highest BCUT2D eigenvalue weighted by Crippen LogP contribution is 2.26. The Kier molecular flexibility index (Phi) is 6.35. The topological polar surface area (TPSA) is 63.4 Å². The molecule has 102 valence electrons. The summed E-state index contributed by atoms with van der Waals surface area (Å²) in [6.45, 7) is 2.49. The Morgan fingerprint density at radius 3 is 2.78 bits per heavy atom. The van der Waals surface area contributed by atoms with Crippen LogP contribution < -0.4 is 5.73 Å². The van der Waals surface area contributed by atoms with Crippen LogP contribution in [0.5, 0.6) is 0 Å². The Labute approximate surface area is 124 Å². The third-order valence-electron chi connectivity index (χ3n) is 3.18. The number of amides is 2. The maximum absolute atomic E-state index is 12.2. The van der Waals surface area contributed by atoms with Crippen LogP contribution in [0.25, 0.3) is 0 Å². The molecule has 18 heavy (non-hydrogen) atoms. The number of primary amides is 1. The average Bonchev–Trinajstić information content (AvgIpc) is 2.41. The Hall–Kier alpha value is -0.360. The quantitative estimate of drug-likeness (QED) is 0.813. The smallest absolute Gasteiger partial charge is 0.240 e. The monoisotopic (exact) mass is 380 g/mol. The van der Waals surface area contributed by atoms with E-state index in [1.165, 1.54) is 0 Å². The number of nitrogens with two attached hydrogens (primary N) is 1. The van der Waals surface area contributed by atoms with Gasteiger partial charge in [-0.3, -0.25) is 9.59 Å². The molecule has 0 saturated carbocycles.